The number of alkyl carbamates (subject to hydrolysis) is 1. The standard InChI is InChI=1S/C40H55N6O8PS/c1-9-24-20-40(24,55(50,51)10-2)45-35(47)32-18-27(21-46(32)36(48)34(39(5,6)7)44-38(49)54-25-13-11-12-14-25)53-33-19-30(31-22-56-37(43-31)41-23(3)4)42-29-17-26(52-8)15-16-28(29)33/h9,15-17,19,22-25,27,32,34H,1,10-14,18,20-21H2,2-8H3,(H,41,43)(H,44,49)(H,45,47)(H,50,51)/t24-,27-,32+,34-,40+/m1/s1. The van der Waals surface area contributed by atoms with Crippen molar-refractivity contribution in [2.45, 2.75) is 116 Å². The van der Waals surface area contributed by atoms with Gasteiger partial charge in [0.25, 0.3) is 0 Å². The Balaban J connectivity index is 1.34. The highest BCUT2D eigenvalue weighted by atomic mass is 32.1. The van der Waals surface area contributed by atoms with Crippen LogP contribution in [0.3, 0.4) is 0 Å². The molecule has 14 nitrogen and oxygen atoms in total. The summed E-state index contributed by atoms with van der Waals surface area (Å²) in [6, 6.07) is 5.32. The third-order valence-corrected chi connectivity index (χ3v) is 14.4. The molecule has 16 heteroatoms. The molecule has 0 radical (unpaired) electrons. The highest BCUT2D eigenvalue weighted by Crippen LogP contribution is 2.69. The second kappa shape index (κ2) is 16.3. The van der Waals surface area contributed by atoms with Crippen molar-refractivity contribution in [1.29, 1.82) is 0 Å². The third kappa shape index (κ3) is 8.69. The lowest BCUT2D eigenvalue weighted by Gasteiger charge is -2.35. The van der Waals surface area contributed by atoms with Gasteiger partial charge in [-0.1, -0.05) is 33.8 Å². The number of likely N-dealkylation sites (tertiary alicyclic amines) is 1. The Kier molecular flexibility index (Phi) is 12.1. The zero-order chi connectivity index (χ0) is 40.6. The first-order valence-corrected chi connectivity index (χ1v) is 22.1. The lowest BCUT2D eigenvalue weighted by Crippen LogP contribution is -2.58. The molecule has 6 atom stereocenters. The molecule has 0 bridgehead atoms. The van der Waals surface area contributed by atoms with E-state index in [-0.39, 0.29) is 37.7 Å². The van der Waals surface area contributed by atoms with Gasteiger partial charge in [-0.05, 0) is 63.5 Å². The number of aromatic nitrogens is 2. The van der Waals surface area contributed by atoms with Gasteiger partial charge in [-0.2, -0.15) is 0 Å². The van der Waals surface area contributed by atoms with Crippen LogP contribution in [0.1, 0.15) is 80.1 Å². The predicted molar refractivity (Wildman–Crippen MR) is 217 cm³/mol. The smallest absolute Gasteiger partial charge is 0.408 e. The molecule has 0 spiro atoms. The predicted octanol–water partition coefficient (Wildman–Crippen LogP) is 6.93. The molecule has 1 aliphatic heterocycles. The molecule has 2 saturated carbocycles. The molecule has 3 aromatic rings. The molecule has 1 unspecified atom stereocenters. The Morgan fingerprint density at radius 2 is 1.88 bits per heavy atom. The first-order valence-electron chi connectivity index (χ1n) is 19.4. The van der Waals surface area contributed by atoms with E-state index in [1.165, 1.54) is 16.2 Å². The van der Waals surface area contributed by atoms with Crippen molar-refractivity contribution >= 4 is 52.6 Å². The van der Waals surface area contributed by atoms with E-state index in [9.17, 15) is 23.8 Å². The van der Waals surface area contributed by atoms with Crippen LogP contribution in [0.2, 0.25) is 0 Å². The van der Waals surface area contributed by atoms with Gasteiger partial charge in [0.2, 0.25) is 19.2 Å². The Labute approximate surface area is 332 Å². The number of methoxy groups -OCH3 is 1. The lowest BCUT2D eigenvalue weighted by molar-refractivity contribution is -0.142. The van der Waals surface area contributed by atoms with Gasteiger partial charge in [-0.25, -0.2) is 14.8 Å². The maximum Gasteiger partial charge on any atom is 0.408 e. The number of thiazole rings is 1. The van der Waals surface area contributed by atoms with Crippen LogP contribution >= 0.6 is 18.7 Å². The molecule has 1 aromatic carbocycles. The van der Waals surface area contributed by atoms with Crippen molar-refractivity contribution in [2.75, 3.05) is 25.1 Å². The van der Waals surface area contributed by atoms with Crippen LogP contribution in [0.15, 0.2) is 42.3 Å². The van der Waals surface area contributed by atoms with E-state index in [2.05, 4.69) is 22.5 Å². The van der Waals surface area contributed by atoms with E-state index in [1.807, 2.05) is 52.1 Å². The summed E-state index contributed by atoms with van der Waals surface area (Å²) in [5, 5.41) is 11.0. The largest absolute Gasteiger partial charge is 0.497 e. The van der Waals surface area contributed by atoms with Crippen molar-refractivity contribution in [1.82, 2.24) is 25.5 Å². The van der Waals surface area contributed by atoms with Gasteiger partial charge in [-0.3, -0.25) is 14.2 Å². The van der Waals surface area contributed by atoms with Gasteiger partial charge < -0.3 is 40.0 Å². The maximum atomic E-state index is 14.7. The minimum absolute atomic E-state index is 0.000233. The maximum absolute atomic E-state index is 14.7. The zero-order valence-corrected chi connectivity index (χ0v) is 35.0. The fraction of sp³-hybridized carbons (Fsp3) is 0.575. The summed E-state index contributed by atoms with van der Waals surface area (Å²) in [5.74, 6) is -0.378. The highest BCUT2D eigenvalue weighted by molar-refractivity contribution is 7.60. The number of benzene rings is 1. The monoisotopic (exact) mass is 810 g/mol. The number of anilines is 1. The molecule has 3 aliphatic rings. The molecular weight excluding hydrogens is 756 g/mol. The van der Waals surface area contributed by atoms with Gasteiger partial charge in [-0.15, -0.1) is 17.9 Å². The Morgan fingerprint density at radius 1 is 1.14 bits per heavy atom. The topological polar surface area (TPSA) is 181 Å². The van der Waals surface area contributed by atoms with Crippen LogP contribution in [0.5, 0.6) is 11.5 Å². The Bertz CT molecular complexity index is 2010. The molecule has 2 aliphatic carbocycles. The van der Waals surface area contributed by atoms with Crippen LogP contribution in [0.4, 0.5) is 9.93 Å². The van der Waals surface area contributed by atoms with Crippen LogP contribution in [0.25, 0.3) is 22.3 Å². The average molecular weight is 811 g/mol. The van der Waals surface area contributed by atoms with Gasteiger partial charge in [0.05, 0.1) is 24.9 Å². The summed E-state index contributed by atoms with van der Waals surface area (Å²) in [6.07, 6.45) is 3.79. The SMILES string of the molecule is C=C[C@@H]1C[C@]1(NC(=O)[C@@H]1C[C@@H](Oc2cc(-c3csc(NC(C)C)n3)nc3cc(OC)ccc23)CN1C(=O)[C@@H](NC(=O)OC1CCCC1)C(C)(C)C)P(=O)(O)CC. The summed E-state index contributed by atoms with van der Waals surface area (Å²) in [6.45, 7) is 15.0. The fourth-order valence-corrected chi connectivity index (χ4v) is 10.5. The number of carbonyl (C=O) groups is 3. The van der Waals surface area contributed by atoms with Gasteiger partial charge >= 0.3 is 6.09 Å². The van der Waals surface area contributed by atoms with E-state index in [0.29, 0.717) is 33.8 Å². The molecule has 2 aromatic heterocycles. The van der Waals surface area contributed by atoms with Gasteiger partial charge in [0.1, 0.15) is 46.8 Å². The minimum Gasteiger partial charge on any atom is -0.497 e. The van der Waals surface area contributed by atoms with Crippen LogP contribution in [-0.4, -0.2) is 93.1 Å². The lowest BCUT2D eigenvalue weighted by atomic mass is 9.85. The summed E-state index contributed by atoms with van der Waals surface area (Å²) >= 11 is 1.46. The van der Waals surface area contributed by atoms with Crippen molar-refractivity contribution in [2.24, 2.45) is 11.3 Å². The number of hydrogen-bond acceptors (Lipinski definition) is 11. The summed E-state index contributed by atoms with van der Waals surface area (Å²) in [7, 11) is -2.26. The van der Waals surface area contributed by atoms with E-state index in [4.69, 9.17) is 24.2 Å². The Hall–Kier alpha value is -4.20. The zero-order valence-electron chi connectivity index (χ0n) is 33.3. The van der Waals surface area contributed by atoms with Crippen molar-refractivity contribution < 1.29 is 38.1 Å². The van der Waals surface area contributed by atoms with E-state index < -0.39 is 60.1 Å². The van der Waals surface area contributed by atoms with Crippen LogP contribution in [0, 0.1) is 11.3 Å². The van der Waals surface area contributed by atoms with Crippen LogP contribution in [-0.2, 0) is 18.9 Å². The second-order valence-electron chi connectivity index (χ2n) is 16.4. The number of rotatable bonds is 14. The molecule has 56 heavy (non-hydrogen) atoms. The van der Waals surface area contributed by atoms with E-state index in [1.54, 1.807) is 32.2 Å². The fourth-order valence-electron chi connectivity index (χ4n) is 7.68. The van der Waals surface area contributed by atoms with E-state index >= 15 is 0 Å². The highest BCUT2D eigenvalue weighted by Gasteiger charge is 2.65. The average Bonchev–Trinajstić information content (AvgIpc) is 3.55. The second-order valence-corrected chi connectivity index (χ2v) is 20.1. The van der Waals surface area contributed by atoms with Gasteiger partial charge in [0, 0.05) is 47.4 Å². The summed E-state index contributed by atoms with van der Waals surface area (Å²) in [4.78, 5) is 64.4. The number of ether oxygens (including phenoxy) is 3. The normalized spacial score (nSPS) is 24.0. The number of amides is 3. The summed E-state index contributed by atoms with van der Waals surface area (Å²) < 4.78 is 31.4. The van der Waals surface area contributed by atoms with Crippen molar-refractivity contribution in [3.63, 3.8) is 0 Å². The molecule has 3 fully saturated rings. The molecule has 6 rings (SSSR count). The third-order valence-electron chi connectivity index (χ3n) is 10.9. The quantitative estimate of drug-likeness (QED) is 0.0980. The molecular formula is C40H55N6O8PS. The molecule has 3 amide bonds. The first kappa shape index (κ1) is 41.4. The number of nitrogens with one attached hydrogen (secondary N) is 3. The van der Waals surface area contributed by atoms with Crippen molar-refractivity contribution in [3.05, 3.63) is 42.3 Å². The molecule has 304 valence electrons. The molecule has 1 saturated heterocycles. The number of fused-ring (bicyclic) bond motifs is 1. The Morgan fingerprint density at radius 3 is 2.50 bits per heavy atom. The number of nitrogens with zero attached hydrogens (tertiary/aromatic N) is 3. The first-order chi connectivity index (χ1) is 26.5. The number of hydrogen-bond donors (Lipinski definition) is 4. The van der Waals surface area contributed by atoms with Crippen LogP contribution < -0.4 is 25.4 Å². The molecule has 4 N–H and O–H groups in total. The summed E-state index contributed by atoms with van der Waals surface area (Å²) in [5.41, 5.74) is 1.04. The van der Waals surface area contributed by atoms with Crippen molar-refractivity contribution in [3.8, 4) is 22.9 Å². The minimum atomic E-state index is -3.84. The number of carbonyl (C=O) groups excluding carboxylic acids is 3. The molecule has 3 heterocycles. The van der Waals surface area contributed by atoms with Gasteiger partial charge in [0.15, 0.2) is 5.13 Å². The number of pyridine rings is 1. The van der Waals surface area contributed by atoms with E-state index in [0.717, 1.165) is 30.8 Å².